The molecular weight excluding hydrogens is 308 g/mol. The van der Waals surface area contributed by atoms with Crippen LogP contribution in [0.1, 0.15) is 31.7 Å². The summed E-state index contributed by atoms with van der Waals surface area (Å²) in [6.07, 6.45) is 5.47. The maximum absolute atomic E-state index is 8.00. The van der Waals surface area contributed by atoms with Crippen molar-refractivity contribution >= 4 is 31.9 Å². The van der Waals surface area contributed by atoms with Gasteiger partial charge >= 0.3 is 0 Å². The summed E-state index contributed by atoms with van der Waals surface area (Å²) in [5, 5.41) is 3.30. The highest BCUT2D eigenvalue weighted by molar-refractivity contribution is 7.79. The molecule has 0 bridgehead atoms. The van der Waals surface area contributed by atoms with E-state index in [2.05, 4.69) is 61.1 Å². The predicted octanol–water partition coefficient (Wildman–Crippen LogP) is 2.96. The van der Waals surface area contributed by atoms with Crippen LogP contribution in [-0.2, 0) is 15.0 Å². The molecule has 0 aliphatic carbocycles. The fourth-order valence-electron chi connectivity index (χ4n) is 3.27. The third-order valence-electron chi connectivity index (χ3n) is 4.01. The van der Waals surface area contributed by atoms with Gasteiger partial charge in [0, 0.05) is 24.7 Å². The van der Waals surface area contributed by atoms with E-state index in [1.54, 1.807) is 11.8 Å². The van der Waals surface area contributed by atoms with E-state index in [-0.39, 0.29) is 0 Å². The average Bonchev–Trinajstić information content (AvgIpc) is 2.92. The van der Waals surface area contributed by atoms with Crippen molar-refractivity contribution in [3.05, 3.63) is 29.8 Å². The molecule has 2 rings (SSSR count). The second-order valence-electron chi connectivity index (χ2n) is 5.26. The maximum Gasteiger partial charge on any atom is 0.106 e. The molecular formula is C18H32N2O2S. The molecule has 1 N–H and O–H groups in total. The number of para-hydroxylation sites is 1. The van der Waals surface area contributed by atoms with E-state index in [1.807, 2.05) is 20.6 Å². The van der Waals surface area contributed by atoms with Crippen LogP contribution in [0.3, 0.4) is 0 Å². The number of fused-ring (bicyclic) bond motifs is 1. The zero-order chi connectivity index (χ0) is 18.3. The van der Waals surface area contributed by atoms with Gasteiger partial charge in [0.25, 0.3) is 0 Å². The van der Waals surface area contributed by atoms with Crippen LogP contribution >= 0.6 is 12.6 Å². The topological polar surface area (TPSA) is 49.4 Å². The Morgan fingerprint density at radius 1 is 1.17 bits per heavy atom. The number of carbonyl (C=O) groups is 2. The summed E-state index contributed by atoms with van der Waals surface area (Å²) < 4.78 is 0. The van der Waals surface area contributed by atoms with Crippen molar-refractivity contribution in [1.29, 1.82) is 0 Å². The van der Waals surface area contributed by atoms with Crippen LogP contribution < -0.4 is 10.2 Å². The number of benzene rings is 1. The molecule has 4 nitrogen and oxygen atoms in total. The zero-order valence-corrected chi connectivity index (χ0v) is 15.9. The lowest BCUT2D eigenvalue weighted by atomic mass is 9.76. The van der Waals surface area contributed by atoms with E-state index in [0.717, 1.165) is 6.54 Å². The van der Waals surface area contributed by atoms with Gasteiger partial charge in [-0.05, 0) is 44.3 Å². The Hall–Kier alpha value is -1.33. The Balaban J connectivity index is 0. The summed E-state index contributed by atoms with van der Waals surface area (Å²) in [5.41, 5.74) is 3.35. The first-order valence-corrected chi connectivity index (χ1v) is 8.60. The van der Waals surface area contributed by atoms with Gasteiger partial charge in [0.05, 0.1) is 0 Å². The number of nitrogens with zero attached hydrogens (tertiary/aromatic N) is 1. The smallest absolute Gasteiger partial charge is 0.106 e. The number of hydrogen-bond acceptors (Lipinski definition) is 5. The van der Waals surface area contributed by atoms with Crippen LogP contribution in [0.25, 0.3) is 0 Å². The molecule has 1 unspecified atom stereocenters. The van der Waals surface area contributed by atoms with Crippen molar-refractivity contribution < 1.29 is 9.59 Å². The van der Waals surface area contributed by atoms with Gasteiger partial charge in [-0.2, -0.15) is 12.6 Å². The number of anilines is 1. The highest BCUT2D eigenvalue weighted by atomic mass is 32.1. The Kier molecular flexibility index (Phi) is 14.9. The molecule has 0 fully saturated rings. The van der Waals surface area contributed by atoms with Gasteiger partial charge in [0.2, 0.25) is 0 Å². The van der Waals surface area contributed by atoms with Gasteiger partial charge in [0.15, 0.2) is 0 Å². The second kappa shape index (κ2) is 14.3. The van der Waals surface area contributed by atoms with Gasteiger partial charge < -0.3 is 19.8 Å². The monoisotopic (exact) mass is 340 g/mol. The minimum absolute atomic E-state index is 0.364. The molecule has 1 heterocycles. The summed E-state index contributed by atoms with van der Waals surface area (Å²) in [6.45, 7) is 8.56. The lowest BCUT2D eigenvalue weighted by molar-refractivity contribution is -0.0987. The third kappa shape index (κ3) is 6.36. The van der Waals surface area contributed by atoms with E-state index < -0.39 is 0 Å². The summed E-state index contributed by atoms with van der Waals surface area (Å²) >= 11 is 3.53. The first-order valence-electron chi connectivity index (χ1n) is 7.71. The Labute approximate surface area is 147 Å². The molecule has 1 aliphatic rings. The van der Waals surface area contributed by atoms with Crippen molar-refractivity contribution in [3.63, 3.8) is 0 Å². The largest absolute Gasteiger partial charge is 0.373 e. The van der Waals surface area contributed by atoms with E-state index in [4.69, 9.17) is 9.59 Å². The van der Waals surface area contributed by atoms with Crippen LogP contribution in [0.2, 0.25) is 0 Å². The number of likely N-dealkylation sites (N-methyl/N-ethyl adjacent to an activating group) is 1. The molecule has 132 valence electrons. The molecule has 1 aromatic carbocycles. The van der Waals surface area contributed by atoms with Gasteiger partial charge in [-0.25, -0.2) is 0 Å². The normalized spacial score (nSPS) is 17.5. The first kappa shape index (κ1) is 23.9. The number of nitrogens with one attached hydrogen (secondary N) is 1. The number of hydrogen-bond donors (Lipinski definition) is 2. The fraction of sp³-hybridized carbons (Fsp3) is 0.556. The molecule has 23 heavy (non-hydrogen) atoms. The molecule has 0 saturated carbocycles. The molecule has 0 spiro atoms. The van der Waals surface area contributed by atoms with Crippen molar-refractivity contribution in [1.82, 2.24) is 5.32 Å². The fourth-order valence-corrected chi connectivity index (χ4v) is 3.27. The average molecular weight is 341 g/mol. The quantitative estimate of drug-likeness (QED) is 0.809. The molecule has 1 aromatic rings. The van der Waals surface area contributed by atoms with E-state index in [1.165, 1.54) is 31.5 Å². The first-order chi connectivity index (χ1) is 11.2. The molecule has 1 aliphatic heterocycles. The van der Waals surface area contributed by atoms with Gasteiger partial charge in [-0.3, -0.25) is 0 Å². The Morgan fingerprint density at radius 2 is 1.74 bits per heavy atom. The second-order valence-corrected chi connectivity index (χ2v) is 5.26. The van der Waals surface area contributed by atoms with E-state index >= 15 is 0 Å². The predicted molar refractivity (Wildman–Crippen MR) is 104 cm³/mol. The Bertz CT molecular complexity index is 416. The standard InChI is InChI=1S/C15H24N2.2CH2O.CH4S/c1-4-9-15(10-11-16-2)12-17(3)14-8-6-5-7-13(14)15;3*1-2/h5-8,16H,4,9-12H2,1-3H3;2*1H2;2H,1H3. The van der Waals surface area contributed by atoms with Crippen molar-refractivity contribution in [3.8, 4) is 0 Å². The summed E-state index contributed by atoms with van der Waals surface area (Å²) in [4.78, 5) is 18.4. The summed E-state index contributed by atoms with van der Waals surface area (Å²) in [6, 6.07) is 8.91. The highest BCUT2D eigenvalue weighted by Crippen LogP contribution is 2.44. The number of thiol groups is 1. The van der Waals surface area contributed by atoms with Crippen LogP contribution in [0, 0.1) is 0 Å². The summed E-state index contributed by atoms with van der Waals surface area (Å²) in [7, 11) is 4.26. The molecule has 1 atom stereocenters. The van der Waals surface area contributed by atoms with Crippen LogP contribution in [0.4, 0.5) is 5.69 Å². The van der Waals surface area contributed by atoms with Crippen molar-refractivity contribution in [2.45, 2.75) is 31.6 Å². The number of carbonyl (C=O) groups excluding carboxylic acids is 2. The summed E-state index contributed by atoms with van der Waals surface area (Å²) in [5.74, 6) is 0. The highest BCUT2D eigenvalue weighted by Gasteiger charge is 2.39. The van der Waals surface area contributed by atoms with Crippen LogP contribution in [0.15, 0.2) is 24.3 Å². The Morgan fingerprint density at radius 3 is 2.26 bits per heavy atom. The number of rotatable bonds is 5. The lowest BCUT2D eigenvalue weighted by Gasteiger charge is -2.30. The minimum atomic E-state index is 0.364. The van der Waals surface area contributed by atoms with Crippen molar-refractivity contribution in [2.24, 2.45) is 0 Å². The third-order valence-corrected chi connectivity index (χ3v) is 4.01. The molecule has 0 radical (unpaired) electrons. The lowest BCUT2D eigenvalue weighted by Crippen LogP contribution is -2.34. The van der Waals surface area contributed by atoms with Crippen molar-refractivity contribution in [2.75, 3.05) is 38.3 Å². The molecule has 0 saturated heterocycles. The SMILES string of the molecule is C=O.C=O.CCCC1(CCNC)CN(C)c2ccccc21.CS. The van der Waals surface area contributed by atoms with E-state index in [0.29, 0.717) is 5.41 Å². The van der Waals surface area contributed by atoms with Gasteiger partial charge in [-0.15, -0.1) is 0 Å². The maximum atomic E-state index is 8.00. The van der Waals surface area contributed by atoms with Gasteiger partial charge in [0.1, 0.15) is 13.6 Å². The van der Waals surface area contributed by atoms with E-state index in [9.17, 15) is 0 Å². The molecule has 5 heteroatoms. The van der Waals surface area contributed by atoms with Crippen LogP contribution in [0.5, 0.6) is 0 Å². The molecule has 0 aromatic heterocycles. The van der Waals surface area contributed by atoms with Crippen LogP contribution in [-0.4, -0.2) is 47.0 Å². The van der Waals surface area contributed by atoms with Gasteiger partial charge in [-0.1, -0.05) is 31.5 Å². The zero-order valence-electron chi connectivity index (χ0n) is 15.0. The molecule has 0 amide bonds. The minimum Gasteiger partial charge on any atom is -0.373 e.